The molecule has 2 aromatic carbocycles. The number of esters is 1. The van der Waals surface area contributed by atoms with E-state index < -0.39 is 10.9 Å². The first-order chi connectivity index (χ1) is 12.9. The summed E-state index contributed by atoms with van der Waals surface area (Å²) in [5.41, 5.74) is 2.57. The van der Waals surface area contributed by atoms with E-state index in [9.17, 15) is 20.0 Å². The molecule has 0 amide bonds. The number of ether oxygens (including phenoxy) is 1. The van der Waals surface area contributed by atoms with Gasteiger partial charge in [-0.3, -0.25) is 10.1 Å². The summed E-state index contributed by atoms with van der Waals surface area (Å²) in [5, 5.41) is 24.4. The number of hydrogen-bond acceptors (Lipinski definition) is 6. The lowest BCUT2D eigenvalue weighted by atomic mass is 9.99. The Morgan fingerprint density at radius 3 is 2.74 bits per heavy atom. The standard InChI is InChI=1S/C18H17N3O5S/c1-26-17(23)15-5-3-13(9-16(15)22)19-18(27)20-7-6-11-2-4-14(21(24)25)8-12(11)10-20/h2-5,8-9,22H,6-7,10H2,1H3,(H,19,27). The number of hydrogen-bond donors (Lipinski definition) is 2. The number of carbonyl (C=O) groups excluding carboxylic acids is 1. The number of anilines is 1. The second-order valence-corrected chi connectivity index (χ2v) is 6.42. The summed E-state index contributed by atoms with van der Waals surface area (Å²) in [6.45, 7) is 1.12. The van der Waals surface area contributed by atoms with E-state index in [-0.39, 0.29) is 17.0 Å². The molecule has 9 heteroatoms. The quantitative estimate of drug-likeness (QED) is 0.359. The van der Waals surface area contributed by atoms with Crippen molar-refractivity contribution in [3.8, 4) is 5.75 Å². The van der Waals surface area contributed by atoms with Crippen molar-refractivity contribution in [2.75, 3.05) is 19.0 Å². The lowest BCUT2D eigenvalue weighted by Gasteiger charge is -2.31. The van der Waals surface area contributed by atoms with Crippen LogP contribution >= 0.6 is 12.2 Å². The maximum atomic E-state index is 11.5. The van der Waals surface area contributed by atoms with Crippen LogP contribution in [0.5, 0.6) is 5.75 Å². The number of nitro benzene ring substituents is 1. The van der Waals surface area contributed by atoms with Gasteiger partial charge in [0.25, 0.3) is 5.69 Å². The summed E-state index contributed by atoms with van der Waals surface area (Å²) in [7, 11) is 1.24. The molecule has 27 heavy (non-hydrogen) atoms. The Kier molecular flexibility index (Phi) is 5.22. The lowest BCUT2D eigenvalue weighted by Crippen LogP contribution is -2.38. The van der Waals surface area contributed by atoms with Gasteiger partial charge in [0.2, 0.25) is 0 Å². The summed E-state index contributed by atoms with van der Waals surface area (Å²) in [6.07, 6.45) is 0.724. The number of fused-ring (bicyclic) bond motifs is 1. The smallest absolute Gasteiger partial charge is 0.341 e. The van der Waals surface area contributed by atoms with E-state index >= 15 is 0 Å². The van der Waals surface area contributed by atoms with Crippen LogP contribution in [0.4, 0.5) is 11.4 Å². The fourth-order valence-electron chi connectivity index (χ4n) is 2.92. The number of aromatic hydroxyl groups is 1. The average Bonchev–Trinajstić information content (AvgIpc) is 2.66. The lowest BCUT2D eigenvalue weighted by molar-refractivity contribution is -0.385. The largest absolute Gasteiger partial charge is 0.507 e. The van der Waals surface area contributed by atoms with Crippen LogP contribution in [0.3, 0.4) is 0 Å². The van der Waals surface area contributed by atoms with E-state index in [2.05, 4.69) is 10.1 Å². The number of phenols is 1. The van der Waals surface area contributed by atoms with Crippen molar-refractivity contribution in [1.82, 2.24) is 4.90 Å². The van der Waals surface area contributed by atoms with Gasteiger partial charge < -0.3 is 20.1 Å². The number of non-ortho nitro benzene ring substituents is 1. The van der Waals surface area contributed by atoms with Gasteiger partial charge in [-0.2, -0.15) is 0 Å². The van der Waals surface area contributed by atoms with Crippen LogP contribution in [-0.4, -0.2) is 39.7 Å². The Morgan fingerprint density at radius 2 is 2.07 bits per heavy atom. The summed E-state index contributed by atoms with van der Waals surface area (Å²) in [6, 6.07) is 9.31. The molecule has 0 saturated carbocycles. The zero-order valence-electron chi connectivity index (χ0n) is 14.5. The van der Waals surface area contributed by atoms with Gasteiger partial charge in [-0.1, -0.05) is 6.07 Å². The highest BCUT2D eigenvalue weighted by Gasteiger charge is 2.21. The van der Waals surface area contributed by atoms with Crippen molar-refractivity contribution >= 4 is 34.7 Å². The topological polar surface area (TPSA) is 105 Å². The first-order valence-electron chi connectivity index (χ1n) is 8.12. The minimum Gasteiger partial charge on any atom is -0.507 e. The molecule has 1 heterocycles. The highest BCUT2D eigenvalue weighted by atomic mass is 32.1. The second-order valence-electron chi connectivity index (χ2n) is 6.04. The predicted molar refractivity (Wildman–Crippen MR) is 103 cm³/mol. The molecular formula is C18H17N3O5S. The number of benzene rings is 2. The van der Waals surface area contributed by atoms with Gasteiger partial charge in [0.05, 0.1) is 12.0 Å². The SMILES string of the molecule is COC(=O)c1ccc(NC(=S)N2CCc3ccc([N+](=O)[O-])cc3C2)cc1O. The van der Waals surface area contributed by atoms with E-state index in [0.717, 1.165) is 17.5 Å². The third kappa shape index (κ3) is 3.98. The molecule has 3 rings (SSSR count). The summed E-state index contributed by atoms with van der Waals surface area (Å²) in [5.74, 6) is -0.842. The van der Waals surface area contributed by atoms with Crippen molar-refractivity contribution in [1.29, 1.82) is 0 Å². The molecule has 2 N–H and O–H groups in total. The maximum Gasteiger partial charge on any atom is 0.341 e. The molecular weight excluding hydrogens is 370 g/mol. The van der Waals surface area contributed by atoms with Gasteiger partial charge in [0.15, 0.2) is 5.11 Å². The molecule has 0 aliphatic carbocycles. The Bertz CT molecular complexity index is 931. The Balaban J connectivity index is 1.72. The number of rotatable bonds is 3. The monoisotopic (exact) mass is 387 g/mol. The number of nitro groups is 1. The van der Waals surface area contributed by atoms with Crippen molar-refractivity contribution < 1.29 is 19.6 Å². The first kappa shape index (κ1) is 18.6. The number of carbonyl (C=O) groups is 1. The third-order valence-electron chi connectivity index (χ3n) is 4.35. The van der Waals surface area contributed by atoms with Crippen molar-refractivity contribution in [3.63, 3.8) is 0 Å². The number of methoxy groups -OCH3 is 1. The molecule has 0 radical (unpaired) electrons. The highest BCUT2D eigenvalue weighted by molar-refractivity contribution is 7.80. The van der Waals surface area contributed by atoms with Gasteiger partial charge in [0, 0.05) is 37.0 Å². The molecule has 0 aromatic heterocycles. The Morgan fingerprint density at radius 1 is 1.30 bits per heavy atom. The number of nitrogens with zero attached hydrogens (tertiary/aromatic N) is 2. The molecule has 1 aliphatic heterocycles. The summed E-state index contributed by atoms with van der Waals surface area (Å²) >= 11 is 5.43. The average molecular weight is 387 g/mol. The summed E-state index contributed by atoms with van der Waals surface area (Å²) in [4.78, 5) is 24.0. The Hall–Kier alpha value is -3.20. The molecule has 0 bridgehead atoms. The van der Waals surface area contributed by atoms with E-state index in [1.165, 1.54) is 25.3 Å². The zero-order valence-corrected chi connectivity index (χ0v) is 15.3. The summed E-state index contributed by atoms with van der Waals surface area (Å²) < 4.78 is 4.59. The van der Waals surface area contributed by atoms with Crippen molar-refractivity contribution in [2.45, 2.75) is 13.0 Å². The van der Waals surface area contributed by atoms with Crippen molar-refractivity contribution in [2.24, 2.45) is 0 Å². The van der Waals surface area contributed by atoms with Crippen LogP contribution in [-0.2, 0) is 17.7 Å². The second kappa shape index (κ2) is 7.58. The minimum absolute atomic E-state index is 0.0535. The van der Waals surface area contributed by atoms with Crippen LogP contribution in [0.25, 0.3) is 0 Å². The van der Waals surface area contributed by atoms with Crippen LogP contribution in [0.2, 0.25) is 0 Å². The van der Waals surface area contributed by atoms with Gasteiger partial charge in [-0.15, -0.1) is 0 Å². The molecule has 0 saturated heterocycles. The molecule has 0 atom stereocenters. The van der Waals surface area contributed by atoms with E-state index in [4.69, 9.17) is 12.2 Å². The normalized spacial score (nSPS) is 12.9. The van der Waals surface area contributed by atoms with Gasteiger partial charge in [-0.25, -0.2) is 4.79 Å². The van der Waals surface area contributed by atoms with Gasteiger partial charge in [-0.05, 0) is 41.9 Å². The van der Waals surface area contributed by atoms with Crippen LogP contribution < -0.4 is 5.32 Å². The first-order valence-corrected chi connectivity index (χ1v) is 8.53. The molecule has 140 valence electrons. The van der Waals surface area contributed by atoms with E-state index in [1.807, 2.05) is 4.90 Å². The number of phenolic OH excluding ortho intramolecular Hbond substituents is 1. The fraction of sp³-hybridized carbons (Fsp3) is 0.222. The molecule has 0 unspecified atom stereocenters. The van der Waals surface area contributed by atoms with Gasteiger partial charge >= 0.3 is 5.97 Å². The minimum atomic E-state index is -0.629. The number of nitrogens with one attached hydrogen (secondary N) is 1. The highest BCUT2D eigenvalue weighted by Crippen LogP contribution is 2.26. The zero-order chi connectivity index (χ0) is 19.6. The van der Waals surface area contributed by atoms with Crippen molar-refractivity contribution in [3.05, 3.63) is 63.2 Å². The Labute approximate surface area is 160 Å². The van der Waals surface area contributed by atoms with Crippen LogP contribution in [0.15, 0.2) is 36.4 Å². The molecule has 0 fully saturated rings. The molecule has 2 aromatic rings. The van der Waals surface area contributed by atoms with E-state index in [0.29, 0.717) is 23.9 Å². The van der Waals surface area contributed by atoms with Crippen LogP contribution in [0.1, 0.15) is 21.5 Å². The maximum absolute atomic E-state index is 11.5. The van der Waals surface area contributed by atoms with Crippen LogP contribution in [0, 0.1) is 10.1 Å². The number of thiocarbonyl (C=S) groups is 1. The predicted octanol–water partition coefficient (Wildman–Crippen LogP) is 2.84. The van der Waals surface area contributed by atoms with E-state index in [1.54, 1.807) is 18.2 Å². The third-order valence-corrected chi connectivity index (χ3v) is 4.71. The molecule has 8 nitrogen and oxygen atoms in total. The fourth-order valence-corrected chi connectivity index (χ4v) is 3.20. The molecule has 1 aliphatic rings. The van der Waals surface area contributed by atoms with Gasteiger partial charge in [0.1, 0.15) is 11.3 Å². The molecule has 0 spiro atoms.